The van der Waals surface area contributed by atoms with Crippen LogP contribution in [0.3, 0.4) is 0 Å². The summed E-state index contributed by atoms with van der Waals surface area (Å²) < 4.78 is 5.50. The summed E-state index contributed by atoms with van der Waals surface area (Å²) in [6, 6.07) is 0. The van der Waals surface area contributed by atoms with Gasteiger partial charge in [0.05, 0.1) is 6.61 Å². The minimum atomic E-state index is 0.0335. The number of esters is 1. The molecule has 0 radical (unpaired) electrons. The van der Waals surface area contributed by atoms with Gasteiger partial charge in [0.15, 0.2) is 0 Å². The van der Waals surface area contributed by atoms with Gasteiger partial charge in [-0.05, 0) is 18.8 Å². The highest BCUT2D eigenvalue weighted by Crippen LogP contribution is 2.19. The van der Waals surface area contributed by atoms with Crippen LogP contribution in [0.4, 0.5) is 0 Å². The molecule has 0 aliphatic carbocycles. The second kappa shape index (κ2) is 54.6. The van der Waals surface area contributed by atoms with Crippen molar-refractivity contribution < 1.29 is 9.53 Å². The number of hydrogen-bond donors (Lipinski definition) is 0. The third kappa shape index (κ3) is 55.5. The molecular weight excluding hydrogens is 729 g/mol. The average Bonchev–Trinajstić information content (AvgIpc) is 3.24. The van der Waals surface area contributed by atoms with E-state index in [4.69, 9.17) is 4.74 Å². The summed E-state index contributed by atoms with van der Waals surface area (Å²) in [4.78, 5) is 12.1. The molecule has 0 aromatic rings. The quantitative estimate of drug-likeness (QED) is 0.0450. The van der Waals surface area contributed by atoms with Crippen LogP contribution in [0.25, 0.3) is 0 Å². The van der Waals surface area contributed by atoms with Crippen molar-refractivity contribution in [2.45, 2.75) is 355 Å². The Morgan fingerprint density at radius 3 is 0.717 bits per heavy atom. The second-order valence-corrected chi connectivity index (χ2v) is 20.5. The molecule has 60 heavy (non-hydrogen) atoms. The van der Waals surface area contributed by atoms with Crippen LogP contribution in [0.1, 0.15) is 355 Å². The highest BCUT2D eigenvalue weighted by molar-refractivity contribution is 5.69. The van der Waals surface area contributed by atoms with E-state index in [1.807, 2.05) is 0 Å². The van der Waals surface area contributed by atoms with Crippen molar-refractivity contribution in [3.63, 3.8) is 0 Å². The lowest BCUT2D eigenvalue weighted by atomic mass is 10.0. The standard InChI is InChI=1S/C58H116O2/c1-4-5-6-7-8-9-10-11-12-13-14-15-16-17-18-19-20-21-22-23-24-25-26-27-28-29-30-31-32-33-34-37-40-43-46-49-52-55-58(59)60-56-53-50-47-44-41-38-35-36-39-42-45-48-51-54-57(2)3/h57H,4-56H2,1-3H3. The van der Waals surface area contributed by atoms with Crippen molar-refractivity contribution in [1.82, 2.24) is 0 Å². The van der Waals surface area contributed by atoms with Gasteiger partial charge in [0.1, 0.15) is 0 Å². The molecule has 0 heterocycles. The maximum absolute atomic E-state index is 12.1. The molecule has 0 fully saturated rings. The van der Waals surface area contributed by atoms with Crippen molar-refractivity contribution in [2.24, 2.45) is 5.92 Å². The molecule has 0 spiro atoms. The van der Waals surface area contributed by atoms with E-state index in [1.54, 1.807) is 0 Å². The van der Waals surface area contributed by atoms with E-state index in [0.717, 1.165) is 18.8 Å². The molecule has 360 valence electrons. The summed E-state index contributed by atoms with van der Waals surface area (Å²) >= 11 is 0. The molecule has 0 unspecified atom stereocenters. The monoisotopic (exact) mass is 845 g/mol. The highest BCUT2D eigenvalue weighted by Gasteiger charge is 2.03. The lowest BCUT2D eigenvalue weighted by Crippen LogP contribution is -2.05. The van der Waals surface area contributed by atoms with Crippen molar-refractivity contribution in [1.29, 1.82) is 0 Å². The first-order valence-electron chi connectivity index (χ1n) is 28.8. The van der Waals surface area contributed by atoms with E-state index in [2.05, 4.69) is 20.8 Å². The molecule has 0 aliphatic rings. The first-order chi connectivity index (χ1) is 29.7. The van der Waals surface area contributed by atoms with Crippen LogP contribution in [-0.4, -0.2) is 12.6 Å². The third-order valence-electron chi connectivity index (χ3n) is 13.7. The molecular formula is C58H116O2. The maximum Gasteiger partial charge on any atom is 0.305 e. The van der Waals surface area contributed by atoms with E-state index in [-0.39, 0.29) is 5.97 Å². The third-order valence-corrected chi connectivity index (χ3v) is 13.7. The van der Waals surface area contributed by atoms with Crippen LogP contribution in [0.5, 0.6) is 0 Å². The molecule has 0 saturated heterocycles. The number of unbranched alkanes of at least 4 members (excludes halogenated alkanes) is 48. The van der Waals surface area contributed by atoms with Gasteiger partial charge in [-0.1, -0.05) is 335 Å². The number of ether oxygens (including phenoxy) is 1. The van der Waals surface area contributed by atoms with Crippen LogP contribution in [0.15, 0.2) is 0 Å². The van der Waals surface area contributed by atoms with Crippen LogP contribution in [-0.2, 0) is 9.53 Å². The Morgan fingerprint density at radius 1 is 0.283 bits per heavy atom. The van der Waals surface area contributed by atoms with Gasteiger partial charge in [-0.2, -0.15) is 0 Å². The lowest BCUT2D eigenvalue weighted by Gasteiger charge is -2.06. The van der Waals surface area contributed by atoms with Crippen molar-refractivity contribution in [3.05, 3.63) is 0 Å². The number of rotatable bonds is 54. The molecule has 0 bridgehead atoms. The summed E-state index contributed by atoms with van der Waals surface area (Å²) in [5.41, 5.74) is 0. The molecule has 0 aromatic heterocycles. The Bertz CT molecular complexity index is 760. The molecule has 0 aliphatic heterocycles. The predicted octanol–water partition coefficient (Wildman–Crippen LogP) is 21.5. The molecule has 0 amide bonds. The topological polar surface area (TPSA) is 26.3 Å². The minimum Gasteiger partial charge on any atom is -0.466 e. The SMILES string of the molecule is CCCCCCCCCCCCCCCCCCCCCCCCCCCCCCCCCCCCCCCC(=O)OCCCCCCCCCCCCCCCC(C)C. The Balaban J connectivity index is 3.13. The van der Waals surface area contributed by atoms with Gasteiger partial charge in [0.25, 0.3) is 0 Å². The normalized spacial score (nSPS) is 11.7. The van der Waals surface area contributed by atoms with Crippen molar-refractivity contribution >= 4 is 5.97 Å². The molecule has 0 atom stereocenters. The number of carbonyl (C=O) groups is 1. The van der Waals surface area contributed by atoms with Gasteiger partial charge >= 0.3 is 5.97 Å². The Labute approximate surface area is 381 Å². The zero-order valence-electron chi connectivity index (χ0n) is 42.4. The van der Waals surface area contributed by atoms with E-state index in [0.29, 0.717) is 13.0 Å². The summed E-state index contributed by atoms with van der Waals surface area (Å²) in [6.45, 7) is 7.62. The van der Waals surface area contributed by atoms with Crippen LogP contribution < -0.4 is 0 Å². The fourth-order valence-corrected chi connectivity index (χ4v) is 9.39. The maximum atomic E-state index is 12.1. The van der Waals surface area contributed by atoms with Gasteiger partial charge in [-0.3, -0.25) is 4.79 Å². The van der Waals surface area contributed by atoms with Crippen molar-refractivity contribution in [2.75, 3.05) is 6.61 Å². The summed E-state index contributed by atoms with van der Waals surface area (Å²) in [5.74, 6) is 0.906. The highest BCUT2D eigenvalue weighted by atomic mass is 16.5. The fourth-order valence-electron chi connectivity index (χ4n) is 9.39. The summed E-state index contributed by atoms with van der Waals surface area (Å²) in [6.07, 6.45) is 72.9. The molecule has 2 heteroatoms. The Hall–Kier alpha value is -0.530. The molecule has 0 saturated carbocycles. The number of hydrogen-bond acceptors (Lipinski definition) is 2. The van der Waals surface area contributed by atoms with Gasteiger partial charge in [0.2, 0.25) is 0 Å². The summed E-state index contributed by atoms with van der Waals surface area (Å²) in [7, 11) is 0. The predicted molar refractivity (Wildman–Crippen MR) is 272 cm³/mol. The molecule has 2 nitrogen and oxygen atoms in total. The van der Waals surface area contributed by atoms with Crippen molar-refractivity contribution in [3.8, 4) is 0 Å². The summed E-state index contributed by atoms with van der Waals surface area (Å²) in [5, 5.41) is 0. The Kier molecular flexibility index (Phi) is 54.1. The van der Waals surface area contributed by atoms with Gasteiger partial charge in [-0.15, -0.1) is 0 Å². The first-order valence-corrected chi connectivity index (χ1v) is 28.8. The van der Waals surface area contributed by atoms with Crippen LogP contribution in [0.2, 0.25) is 0 Å². The zero-order valence-corrected chi connectivity index (χ0v) is 42.4. The minimum absolute atomic E-state index is 0.0335. The van der Waals surface area contributed by atoms with E-state index in [1.165, 1.54) is 315 Å². The molecule has 0 rings (SSSR count). The number of carbonyl (C=O) groups excluding carboxylic acids is 1. The smallest absolute Gasteiger partial charge is 0.305 e. The van der Waals surface area contributed by atoms with E-state index < -0.39 is 0 Å². The fraction of sp³-hybridized carbons (Fsp3) is 0.983. The molecule has 0 N–H and O–H groups in total. The largest absolute Gasteiger partial charge is 0.466 e. The van der Waals surface area contributed by atoms with Crippen LogP contribution >= 0.6 is 0 Å². The molecule has 0 aromatic carbocycles. The van der Waals surface area contributed by atoms with Crippen LogP contribution in [0, 0.1) is 5.92 Å². The lowest BCUT2D eigenvalue weighted by molar-refractivity contribution is -0.143. The first kappa shape index (κ1) is 59.5. The average molecular weight is 846 g/mol. The van der Waals surface area contributed by atoms with E-state index >= 15 is 0 Å². The second-order valence-electron chi connectivity index (χ2n) is 20.5. The zero-order chi connectivity index (χ0) is 43.3. The van der Waals surface area contributed by atoms with Gasteiger partial charge in [-0.25, -0.2) is 0 Å². The Morgan fingerprint density at radius 2 is 0.483 bits per heavy atom. The van der Waals surface area contributed by atoms with Gasteiger partial charge < -0.3 is 4.74 Å². The van der Waals surface area contributed by atoms with Gasteiger partial charge in [0, 0.05) is 6.42 Å². The van der Waals surface area contributed by atoms with E-state index in [9.17, 15) is 4.79 Å².